The van der Waals surface area contributed by atoms with Crippen molar-refractivity contribution in [2.45, 2.75) is 71.8 Å². The van der Waals surface area contributed by atoms with Gasteiger partial charge in [-0.05, 0) is 68.1 Å². The molecule has 2 N–H and O–H groups in total. The van der Waals surface area contributed by atoms with Crippen LogP contribution in [0.25, 0.3) is 0 Å². The second kappa shape index (κ2) is 6.05. The van der Waals surface area contributed by atoms with Crippen molar-refractivity contribution in [1.29, 1.82) is 0 Å². The zero-order valence-corrected chi connectivity index (χ0v) is 16.2. The third-order valence-electron chi connectivity index (χ3n) is 8.24. The third-order valence-corrected chi connectivity index (χ3v) is 8.24. The van der Waals surface area contributed by atoms with E-state index in [1.165, 1.54) is 12.5 Å². The minimum absolute atomic E-state index is 0.0811. The van der Waals surface area contributed by atoms with Crippen molar-refractivity contribution < 1.29 is 14.7 Å². The van der Waals surface area contributed by atoms with Crippen LogP contribution in [0.5, 0.6) is 0 Å². The van der Waals surface area contributed by atoms with Crippen molar-refractivity contribution in [1.82, 2.24) is 5.32 Å². The molecule has 4 aliphatic carbocycles. The number of allylic oxidation sites excluding steroid dienone is 3. The summed E-state index contributed by atoms with van der Waals surface area (Å²) in [5.74, 6) is 1.52. The van der Waals surface area contributed by atoms with E-state index in [9.17, 15) is 14.7 Å². The summed E-state index contributed by atoms with van der Waals surface area (Å²) >= 11 is 0. The monoisotopic (exact) mass is 357 g/mol. The quantitative estimate of drug-likeness (QED) is 0.587. The zero-order chi connectivity index (χ0) is 18.7. The molecule has 142 valence electrons. The summed E-state index contributed by atoms with van der Waals surface area (Å²) in [4.78, 5) is 23.5. The van der Waals surface area contributed by atoms with Crippen LogP contribution in [0, 0.1) is 28.6 Å². The summed E-state index contributed by atoms with van der Waals surface area (Å²) in [6, 6.07) is 0. The van der Waals surface area contributed by atoms with Crippen molar-refractivity contribution in [2.24, 2.45) is 28.6 Å². The number of aliphatic hydroxyl groups is 1. The van der Waals surface area contributed by atoms with E-state index in [1.807, 2.05) is 0 Å². The van der Waals surface area contributed by atoms with Crippen LogP contribution >= 0.6 is 0 Å². The van der Waals surface area contributed by atoms with Gasteiger partial charge in [-0.25, -0.2) is 0 Å². The number of rotatable bonds is 2. The summed E-state index contributed by atoms with van der Waals surface area (Å²) in [6.07, 6.45) is 9.97. The Morgan fingerprint density at radius 3 is 2.62 bits per heavy atom. The molecule has 0 saturated heterocycles. The third kappa shape index (κ3) is 2.45. The van der Waals surface area contributed by atoms with E-state index in [0.717, 1.165) is 62.5 Å². The molecular weight excluding hydrogens is 326 g/mol. The number of nitrogens with one attached hydrogen (secondary N) is 1. The predicted octanol–water partition coefficient (Wildman–Crippen LogP) is 3.51. The predicted molar refractivity (Wildman–Crippen MR) is 100.0 cm³/mol. The Morgan fingerprint density at radius 1 is 1.19 bits per heavy atom. The maximum absolute atomic E-state index is 11.7. The number of aldehydes is 1. The van der Waals surface area contributed by atoms with Crippen LogP contribution in [0.3, 0.4) is 0 Å². The van der Waals surface area contributed by atoms with Crippen LogP contribution in [0.1, 0.15) is 65.7 Å². The van der Waals surface area contributed by atoms with Gasteiger partial charge in [0.2, 0.25) is 5.91 Å². The van der Waals surface area contributed by atoms with Crippen molar-refractivity contribution in [2.75, 3.05) is 0 Å². The van der Waals surface area contributed by atoms with E-state index in [-0.39, 0.29) is 22.8 Å². The average molecular weight is 357 g/mol. The molecule has 0 radical (unpaired) electrons. The first kappa shape index (κ1) is 18.0. The summed E-state index contributed by atoms with van der Waals surface area (Å²) < 4.78 is 0. The molecule has 0 bridgehead atoms. The van der Waals surface area contributed by atoms with Crippen molar-refractivity contribution in [3.05, 3.63) is 22.9 Å². The topological polar surface area (TPSA) is 66.4 Å². The Labute approximate surface area is 156 Å². The summed E-state index contributed by atoms with van der Waals surface area (Å²) in [6.45, 7) is 6.19. The van der Waals surface area contributed by atoms with Crippen LogP contribution in [0.4, 0.5) is 0 Å². The molecule has 26 heavy (non-hydrogen) atoms. The minimum Gasteiger partial charge on any atom is -0.393 e. The lowest BCUT2D eigenvalue weighted by Crippen LogP contribution is -2.51. The molecule has 1 amide bonds. The maximum Gasteiger partial charge on any atom is 0.221 e. The molecule has 2 saturated carbocycles. The van der Waals surface area contributed by atoms with Crippen LogP contribution in [-0.2, 0) is 9.59 Å². The molecule has 0 aliphatic heterocycles. The maximum atomic E-state index is 11.7. The number of carbonyl (C=O) groups is 2. The Morgan fingerprint density at radius 2 is 1.92 bits per heavy atom. The molecule has 4 nitrogen and oxygen atoms in total. The SMILES string of the molecule is CC(=O)NC1=C(C=O)C[C@H]2[C@@H]3CC=C4C[C@@H](O)CC[C@]4(C)[C@H]3CC[C@]12C. The van der Waals surface area contributed by atoms with Gasteiger partial charge in [-0.3, -0.25) is 9.59 Å². The van der Waals surface area contributed by atoms with E-state index >= 15 is 0 Å². The molecule has 0 unspecified atom stereocenters. The molecule has 0 aromatic heterocycles. The van der Waals surface area contributed by atoms with Gasteiger partial charge in [0.05, 0.1) is 6.10 Å². The Bertz CT molecular complexity index is 708. The Kier molecular flexibility index (Phi) is 4.18. The highest BCUT2D eigenvalue weighted by atomic mass is 16.3. The first-order chi connectivity index (χ1) is 12.3. The molecular formula is C22H31NO3. The van der Waals surface area contributed by atoms with Crippen LogP contribution in [0.15, 0.2) is 22.9 Å². The molecule has 6 atom stereocenters. The average Bonchev–Trinajstić information content (AvgIpc) is 2.87. The van der Waals surface area contributed by atoms with E-state index in [0.29, 0.717) is 17.8 Å². The largest absolute Gasteiger partial charge is 0.393 e. The molecule has 4 heteroatoms. The van der Waals surface area contributed by atoms with Crippen LogP contribution < -0.4 is 5.32 Å². The molecule has 0 heterocycles. The zero-order valence-electron chi connectivity index (χ0n) is 16.2. The number of hydrogen-bond donors (Lipinski definition) is 2. The highest BCUT2D eigenvalue weighted by molar-refractivity contribution is 5.81. The van der Waals surface area contributed by atoms with E-state index in [2.05, 4.69) is 25.2 Å². The van der Waals surface area contributed by atoms with E-state index in [4.69, 9.17) is 0 Å². The van der Waals surface area contributed by atoms with Gasteiger partial charge in [0, 0.05) is 23.6 Å². The molecule has 4 rings (SSSR count). The van der Waals surface area contributed by atoms with Gasteiger partial charge in [0.15, 0.2) is 0 Å². The number of amides is 1. The first-order valence-corrected chi connectivity index (χ1v) is 10.1. The number of fused-ring (bicyclic) bond motifs is 5. The van der Waals surface area contributed by atoms with Crippen LogP contribution in [-0.4, -0.2) is 23.4 Å². The van der Waals surface area contributed by atoms with Gasteiger partial charge in [-0.15, -0.1) is 0 Å². The number of hydrogen-bond acceptors (Lipinski definition) is 3. The van der Waals surface area contributed by atoms with Crippen molar-refractivity contribution in [3.8, 4) is 0 Å². The molecule has 0 aromatic carbocycles. The van der Waals surface area contributed by atoms with Gasteiger partial charge in [-0.1, -0.05) is 25.5 Å². The fraction of sp³-hybridized carbons (Fsp3) is 0.727. The second-order valence-corrected chi connectivity index (χ2v) is 9.52. The van der Waals surface area contributed by atoms with Crippen molar-refractivity contribution in [3.63, 3.8) is 0 Å². The van der Waals surface area contributed by atoms with Crippen LogP contribution in [0.2, 0.25) is 0 Å². The van der Waals surface area contributed by atoms with E-state index < -0.39 is 0 Å². The number of aliphatic hydroxyl groups excluding tert-OH is 1. The highest BCUT2D eigenvalue weighted by Gasteiger charge is 2.58. The lowest BCUT2D eigenvalue weighted by molar-refractivity contribution is -0.118. The number of carbonyl (C=O) groups excluding carboxylic acids is 2. The fourth-order valence-corrected chi connectivity index (χ4v) is 6.86. The van der Waals surface area contributed by atoms with Crippen molar-refractivity contribution >= 4 is 12.2 Å². The summed E-state index contributed by atoms with van der Waals surface area (Å²) in [7, 11) is 0. The lowest BCUT2D eigenvalue weighted by Gasteiger charge is -2.57. The van der Waals surface area contributed by atoms with Gasteiger partial charge in [-0.2, -0.15) is 0 Å². The van der Waals surface area contributed by atoms with Gasteiger partial charge in [0.1, 0.15) is 6.29 Å². The van der Waals surface area contributed by atoms with Gasteiger partial charge in [0.25, 0.3) is 0 Å². The second-order valence-electron chi connectivity index (χ2n) is 9.52. The Balaban J connectivity index is 1.68. The summed E-state index contributed by atoms with van der Waals surface area (Å²) in [5, 5.41) is 13.1. The molecule has 2 fully saturated rings. The smallest absolute Gasteiger partial charge is 0.221 e. The van der Waals surface area contributed by atoms with Gasteiger partial charge >= 0.3 is 0 Å². The summed E-state index contributed by atoms with van der Waals surface area (Å²) in [5.41, 5.74) is 3.25. The normalized spacial score (nSPS) is 44.5. The highest BCUT2D eigenvalue weighted by Crippen LogP contribution is 2.65. The first-order valence-electron chi connectivity index (χ1n) is 10.1. The standard InChI is InChI=1S/C22H31NO3/c1-13(25)23-20-14(12-24)10-19-17-5-4-15-11-16(26)6-8-21(15,2)18(17)7-9-22(19,20)3/h4,12,16-19,26H,5-11H2,1-3H3,(H,23,25)/t16-,17+,18-,19-,21-,22-/m0/s1. The molecule has 0 aromatic rings. The van der Waals surface area contributed by atoms with E-state index in [1.54, 1.807) is 0 Å². The molecule has 0 spiro atoms. The van der Waals surface area contributed by atoms with Gasteiger partial charge < -0.3 is 10.4 Å². The lowest BCUT2D eigenvalue weighted by atomic mass is 9.48. The Hall–Kier alpha value is -1.42. The minimum atomic E-state index is -0.180. The molecule has 4 aliphatic rings. The fourth-order valence-electron chi connectivity index (χ4n) is 6.86.